The van der Waals surface area contributed by atoms with Crippen LogP contribution in [0, 0.1) is 64.1 Å². The van der Waals surface area contributed by atoms with E-state index in [0.717, 1.165) is 37.4 Å². The number of rotatable bonds is 16. The van der Waals surface area contributed by atoms with Crippen LogP contribution < -0.4 is 0 Å². The molecule has 0 amide bonds. The van der Waals surface area contributed by atoms with Crippen LogP contribution in [0.1, 0.15) is 126 Å². The van der Waals surface area contributed by atoms with Gasteiger partial charge >= 0.3 is 56.8 Å². The Balaban J connectivity index is 0.000000150. The van der Waals surface area contributed by atoms with Gasteiger partial charge in [-0.25, -0.2) is 52.8 Å². The lowest BCUT2D eigenvalue weighted by molar-refractivity contribution is -0.240. The van der Waals surface area contributed by atoms with Crippen molar-refractivity contribution in [2.45, 2.75) is 228 Å². The smallest absolute Gasteiger partial charge is 0.428 e. The molecular weight excluding hydrogens is 1420 g/mol. The Kier molecular flexibility index (Phi) is 18.7. The van der Waals surface area contributed by atoms with E-state index in [1.54, 1.807) is 27.7 Å². The van der Waals surface area contributed by atoms with Crippen LogP contribution in [0.25, 0.3) is 0 Å². The Bertz CT molecular complexity index is 3510. The van der Waals surface area contributed by atoms with Crippen LogP contribution in [-0.2, 0) is 102 Å². The van der Waals surface area contributed by atoms with Gasteiger partial charge in [0.25, 0.3) is 0 Å². The summed E-state index contributed by atoms with van der Waals surface area (Å²) in [5.74, 6) is -14.0. The zero-order valence-electron chi connectivity index (χ0n) is 51.7. The van der Waals surface area contributed by atoms with Crippen LogP contribution >= 0.6 is 11.8 Å². The van der Waals surface area contributed by atoms with Gasteiger partial charge in [-0.1, -0.05) is 0 Å². The van der Waals surface area contributed by atoms with Gasteiger partial charge in [-0.3, -0.25) is 9.59 Å². The predicted octanol–water partition coefficient (Wildman–Crippen LogP) is 1.62. The summed E-state index contributed by atoms with van der Waals surface area (Å²) in [6.45, 7) is 12.4. The van der Waals surface area contributed by atoms with Crippen molar-refractivity contribution >= 4 is 88.1 Å². The van der Waals surface area contributed by atoms with Crippen molar-refractivity contribution < 1.29 is 169 Å². The molecule has 14 rings (SSSR count). The molecule has 8 saturated carbocycles. The number of aliphatic hydroxyl groups is 4. The summed E-state index contributed by atoms with van der Waals surface area (Å²) < 4.78 is 268. The molecule has 14 fully saturated rings. The lowest BCUT2D eigenvalue weighted by Gasteiger charge is -2.64. The first-order valence-corrected chi connectivity index (χ1v) is 36.4. The maximum Gasteiger partial charge on any atom is 0.428 e. The van der Waals surface area contributed by atoms with Crippen molar-refractivity contribution in [1.82, 2.24) is 0 Å². The number of thioether (sulfide) groups is 1. The van der Waals surface area contributed by atoms with E-state index in [2.05, 4.69) is 9.47 Å². The molecule has 14 aliphatic rings. The van der Waals surface area contributed by atoms with Gasteiger partial charge in [0.15, 0.2) is 64.9 Å². The molecule has 0 aromatic rings. The molecule has 16 atom stereocenters. The number of carbonyl (C=O) groups excluding carboxylic acids is 6. The third-order valence-electron chi connectivity index (χ3n) is 21.5. The summed E-state index contributed by atoms with van der Waals surface area (Å²) in [7, 11) is -24.8. The average molecular weight is 1490 g/mol. The Morgan fingerprint density at radius 1 is 0.469 bits per heavy atom. The van der Waals surface area contributed by atoms with E-state index in [1.165, 1.54) is 27.7 Å². The Hall–Kier alpha value is -3.95. The summed E-state index contributed by atoms with van der Waals surface area (Å²) >= 11 is 1.16. The minimum Gasteiger partial charge on any atom is -0.743 e. The zero-order chi connectivity index (χ0) is 72.8. The fourth-order valence-electron chi connectivity index (χ4n) is 17.8. The SMILES string of the molecule is CC(C)(O)C12CC3CC(C1)C(OC(=O)C(F)(F)S(=O)(=O)[O-])C(C3)C2.CC(C)(O)C12CC3CC(CC(OC(=O)C(F)(F)S(=O)(=O)[O-])(C3)C1)C2.CC(C)(O)C1C2OC3C(OC(=O)C31)C2OC(=O)C(F)(F)S(=O)(=O)[O-].CC(C)(O)C1C2SC3C(OC(=O)C31)C2OC(=O)C(F)(F)S(=O)(=O)[O-]. The molecule has 0 radical (unpaired) electrons. The number of alkyl halides is 8. The van der Waals surface area contributed by atoms with Crippen LogP contribution in [0.3, 0.4) is 0 Å². The highest BCUT2D eigenvalue weighted by Crippen LogP contribution is 2.68. The van der Waals surface area contributed by atoms with Gasteiger partial charge in [0, 0.05) is 17.3 Å². The molecule has 548 valence electrons. The number of carbonyl (C=O) groups is 6. The normalized spacial score (nSPS) is 38.7. The van der Waals surface area contributed by atoms with Crippen LogP contribution in [0.15, 0.2) is 0 Å². The van der Waals surface area contributed by atoms with E-state index in [9.17, 15) is 136 Å². The highest BCUT2D eigenvalue weighted by Gasteiger charge is 2.75. The second kappa shape index (κ2) is 23.6. The first kappa shape index (κ1) is 76.2. The lowest BCUT2D eigenvalue weighted by Crippen LogP contribution is -2.64. The van der Waals surface area contributed by atoms with E-state index in [4.69, 9.17) is 23.7 Å². The molecule has 0 spiro atoms. The molecule has 6 heterocycles. The predicted molar refractivity (Wildman–Crippen MR) is 293 cm³/mol. The summed E-state index contributed by atoms with van der Waals surface area (Å²) in [5, 5.41) is 19.7. The number of hydrogen-bond donors (Lipinski definition) is 4. The molecule has 0 aromatic heterocycles. The molecule has 16 unspecified atom stereocenters. The van der Waals surface area contributed by atoms with E-state index in [1.807, 2.05) is 0 Å². The number of halogens is 8. The molecule has 6 aliphatic heterocycles. The Morgan fingerprint density at radius 2 is 0.854 bits per heavy atom. The third-order valence-corrected chi connectivity index (χ3v) is 26.4. The quantitative estimate of drug-likeness (QED) is 0.0738. The number of fused-ring (bicyclic) bond motifs is 2. The topological polar surface area (TPSA) is 477 Å². The minimum absolute atomic E-state index is 0.128. The van der Waals surface area contributed by atoms with Gasteiger partial charge in [0.2, 0.25) is 0 Å². The Morgan fingerprint density at radius 3 is 1.27 bits per heavy atom. The molecule has 8 aliphatic carbocycles. The van der Waals surface area contributed by atoms with Crippen LogP contribution in [0.4, 0.5) is 35.1 Å². The third kappa shape index (κ3) is 12.8. The molecule has 0 aromatic carbocycles. The Labute approximate surface area is 547 Å². The summed E-state index contributed by atoms with van der Waals surface area (Å²) in [5.41, 5.74) is -6.99. The van der Waals surface area contributed by atoms with Gasteiger partial charge in [0.1, 0.15) is 23.9 Å². The van der Waals surface area contributed by atoms with Gasteiger partial charge in [-0.05, 0) is 161 Å². The van der Waals surface area contributed by atoms with Crippen molar-refractivity contribution in [2.75, 3.05) is 0 Å². The summed E-state index contributed by atoms with van der Waals surface area (Å²) in [6, 6.07) is 0. The first-order valence-electron chi connectivity index (χ1n) is 29.8. The number of ether oxygens (including phenoxy) is 7. The van der Waals surface area contributed by atoms with Gasteiger partial charge < -0.3 is 71.8 Å². The highest BCUT2D eigenvalue weighted by molar-refractivity contribution is 8.01. The lowest BCUT2D eigenvalue weighted by atomic mass is 9.44. The monoisotopic (exact) mass is 1490 g/mol. The standard InChI is InChI=1S/2C15H22F2O6S.C12H14F2O9S.C12H14F2O8S2/c1-12(2,19)13-4-9-3-10(5-13)7-14(6-9,8-13)23-11(18)15(16,17)24(20,21)22;1-13(2,19)14-5-8-3-9(6-14)11(10(4-8)7-14)23-12(18)15(16,17)24(20,21)22;1-11(2,17)4-3-5-7(22-9(3)15)8(6(4)21-5)23-10(16)12(13,14)24(18,19)20;1-11(2,17)4-3-7-5(21-9(3)15)6(8(4)23-7)22-10(16)12(13,14)24(18,19)20/h9-10,19H,3-8H2,1-2H3,(H,20,21,22);8-11,19H,3-7H2,1-2H3,(H,20,21,22);2*3-8,17H,1-2H3,(H,18,19,20)/p-4. The van der Waals surface area contributed by atoms with E-state index in [0.29, 0.717) is 44.4 Å². The fraction of sp³-hybridized carbons (Fsp3) is 0.889. The second-order valence-electron chi connectivity index (χ2n) is 29.5. The maximum absolute atomic E-state index is 13.5. The molecule has 4 N–H and O–H groups in total. The van der Waals surface area contributed by atoms with E-state index in [-0.39, 0.29) is 35.5 Å². The summed E-state index contributed by atoms with van der Waals surface area (Å²) in [6.07, 6.45) is -1.40. The van der Waals surface area contributed by atoms with Crippen molar-refractivity contribution in [3.63, 3.8) is 0 Å². The fourth-order valence-corrected chi connectivity index (χ4v) is 21.0. The van der Waals surface area contributed by atoms with Crippen LogP contribution in [-0.4, -0.2) is 210 Å². The molecule has 29 nitrogen and oxygen atoms in total. The average Bonchev–Trinajstić information content (AvgIpc) is 1.33. The highest BCUT2D eigenvalue weighted by atomic mass is 32.2. The first-order chi connectivity index (χ1) is 43.0. The zero-order valence-corrected chi connectivity index (χ0v) is 55.8. The van der Waals surface area contributed by atoms with E-state index < -0.39 is 208 Å². The molecule has 42 heteroatoms. The second-order valence-corrected chi connectivity index (χ2v) is 36.6. The van der Waals surface area contributed by atoms with Crippen molar-refractivity contribution in [2.24, 2.45) is 64.1 Å². The van der Waals surface area contributed by atoms with Crippen molar-refractivity contribution in [1.29, 1.82) is 0 Å². The summed E-state index contributed by atoms with van der Waals surface area (Å²) in [4.78, 5) is 70.1. The van der Waals surface area contributed by atoms with Gasteiger partial charge in [0.05, 0.1) is 44.7 Å². The largest absolute Gasteiger partial charge is 0.743 e. The number of hydrogen-bond acceptors (Lipinski definition) is 30. The molecule has 12 bridgehead atoms. The number of esters is 6. The minimum atomic E-state index is -6.28. The van der Waals surface area contributed by atoms with Gasteiger partial charge in [-0.2, -0.15) is 35.1 Å². The molecule has 6 saturated heterocycles. The molecular formula is C54H68F8O29S5-4. The van der Waals surface area contributed by atoms with Crippen molar-refractivity contribution in [3.05, 3.63) is 0 Å². The van der Waals surface area contributed by atoms with Crippen LogP contribution in [0.2, 0.25) is 0 Å². The maximum atomic E-state index is 13.5. The van der Waals surface area contributed by atoms with Crippen LogP contribution in [0.5, 0.6) is 0 Å². The van der Waals surface area contributed by atoms with Gasteiger partial charge in [-0.15, -0.1) is 11.8 Å². The molecule has 96 heavy (non-hydrogen) atoms. The van der Waals surface area contributed by atoms with E-state index >= 15 is 0 Å². The van der Waals surface area contributed by atoms with Crippen molar-refractivity contribution in [3.8, 4) is 0 Å².